The summed E-state index contributed by atoms with van der Waals surface area (Å²) in [4.78, 5) is 29.6. The second-order valence-corrected chi connectivity index (χ2v) is 9.98. The van der Waals surface area contributed by atoms with Crippen molar-refractivity contribution in [1.82, 2.24) is 14.6 Å². The van der Waals surface area contributed by atoms with Crippen LogP contribution < -0.4 is 16.4 Å². The maximum atomic E-state index is 12.6. The van der Waals surface area contributed by atoms with Gasteiger partial charge in [-0.15, -0.1) is 11.3 Å². The van der Waals surface area contributed by atoms with Crippen LogP contribution in [0.25, 0.3) is 11.3 Å². The number of nitrogens with two attached hydrogens (primary N) is 1. The summed E-state index contributed by atoms with van der Waals surface area (Å²) in [7, 11) is -0.899. The number of nitrogens with one attached hydrogen (secondary N) is 2. The van der Waals surface area contributed by atoms with Gasteiger partial charge in [-0.2, -0.15) is 0 Å². The molecule has 0 aliphatic rings. The van der Waals surface area contributed by atoms with Crippen molar-refractivity contribution in [1.29, 1.82) is 0 Å². The minimum absolute atomic E-state index is 0.0277. The Labute approximate surface area is 190 Å². The molecule has 0 radical (unpaired) electrons. The topological polar surface area (TPSA) is 134 Å². The van der Waals surface area contributed by atoms with E-state index in [2.05, 4.69) is 15.6 Å². The Morgan fingerprint density at radius 1 is 1.12 bits per heavy atom. The Kier molecular flexibility index (Phi) is 7.36. The molecule has 3 aromatic rings. The molecule has 0 unspecified atom stereocenters. The molecular weight excluding hydrogens is 450 g/mol. The van der Waals surface area contributed by atoms with E-state index in [0.29, 0.717) is 5.13 Å². The standard InChI is InChI=1S/C21H23N5O4S2/c1-26(2)32(29,30)16-10-6-9-15(11-16)19(27)23-17(12-22)20(28)25-21-24-18(13-31-21)14-7-4-3-5-8-14/h3-11,13,17H,12,22H2,1-2H3,(H,23,27)(H,24,25,28)/t17-/m0/s1. The van der Waals surface area contributed by atoms with Crippen LogP contribution in [0.15, 0.2) is 64.9 Å². The molecule has 0 fully saturated rings. The van der Waals surface area contributed by atoms with Crippen LogP contribution in [0.2, 0.25) is 0 Å². The summed E-state index contributed by atoms with van der Waals surface area (Å²) in [5.41, 5.74) is 7.43. The average molecular weight is 474 g/mol. The molecule has 2 aromatic carbocycles. The SMILES string of the molecule is CN(C)S(=O)(=O)c1cccc(C(=O)N[C@@H](CN)C(=O)Nc2nc(-c3ccccc3)cs2)c1. The number of sulfonamides is 1. The van der Waals surface area contributed by atoms with Gasteiger partial charge >= 0.3 is 0 Å². The highest BCUT2D eigenvalue weighted by atomic mass is 32.2. The van der Waals surface area contributed by atoms with Gasteiger partial charge in [-0.05, 0) is 18.2 Å². The number of aromatic nitrogens is 1. The number of hydrogen-bond donors (Lipinski definition) is 3. The number of benzene rings is 2. The zero-order valence-electron chi connectivity index (χ0n) is 17.5. The number of nitrogens with zero attached hydrogens (tertiary/aromatic N) is 2. The molecule has 3 rings (SSSR count). The second-order valence-electron chi connectivity index (χ2n) is 6.97. The highest BCUT2D eigenvalue weighted by Gasteiger charge is 2.23. The summed E-state index contributed by atoms with van der Waals surface area (Å²) in [5.74, 6) is -1.14. The molecule has 11 heteroatoms. The molecule has 0 saturated heterocycles. The molecule has 32 heavy (non-hydrogen) atoms. The van der Waals surface area contributed by atoms with E-state index in [0.717, 1.165) is 15.6 Å². The largest absolute Gasteiger partial charge is 0.339 e. The Balaban J connectivity index is 1.69. The van der Waals surface area contributed by atoms with Crippen LogP contribution in [0, 0.1) is 0 Å². The molecule has 9 nitrogen and oxygen atoms in total. The first-order valence-corrected chi connectivity index (χ1v) is 11.9. The number of carbonyl (C=O) groups excluding carboxylic acids is 2. The summed E-state index contributed by atoms with van der Waals surface area (Å²) in [6.07, 6.45) is 0. The van der Waals surface area contributed by atoms with Gasteiger partial charge in [-0.25, -0.2) is 17.7 Å². The number of rotatable bonds is 8. The Hall–Kier alpha value is -3.12. The highest BCUT2D eigenvalue weighted by Crippen LogP contribution is 2.24. The highest BCUT2D eigenvalue weighted by molar-refractivity contribution is 7.89. The van der Waals surface area contributed by atoms with Crippen LogP contribution >= 0.6 is 11.3 Å². The molecule has 0 aliphatic carbocycles. The summed E-state index contributed by atoms with van der Waals surface area (Å²) in [6.45, 7) is -0.149. The number of anilines is 1. The third-order valence-electron chi connectivity index (χ3n) is 4.54. The van der Waals surface area contributed by atoms with Gasteiger partial charge in [0.1, 0.15) is 6.04 Å². The van der Waals surface area contributed by atoms with Gasteiger partial charge in [-0.1, -0.05) is 36.4 Å². The lowest BCUT2D eigenvalue weighted by atomic mass is 10.2. The van der Waals surface area contributed by atoms with Gasteiger partial charge in [0.2, 0.25) is 15.9 Å². The molecule has 0 aliphatic heterocycles. The van der Waals surface area contributed by atoms with E-state index in [1.807, 2.05) is 35.7 Å². The Bertz CT molecular complexity index is 1210. The lowest BCUT2D eigenvalue weighted by molar-refractivity contribution is -0.117. The fourth-order valence-electron chi connectivity index (χ4n) is 2.75. The molecule has 0 spiro atoms. The van der Waals surface area contributed by atoms with Gasteiger partial charge in [0, 0.05) is 37.1 Å². The van der Waals surface area contributed by atoms with Crippen LogP contribution in [0.4, 0.5) is 5.13 Å². The molecule has 4 N–H and O–H groups in total. The van der Waals surface area contributed by atoms with E-state index >= 15 is 0 Å². The van der Waals surface area contributed by atoms with Crippen molar-refractivity contribution in [3.63, 3.8) is 0 Å². The number of amides is 2. The monoisotopic (exact) mass is 473 g/mol. The van der Waals surface area contributed by atoms with Crippen molar-refractivity contribution >= 4 is 38.3 Å². The van der Waals surface area contributed by atoms with Crippen LogP contribution in [0.3, 0.4) is 0 Å². The van der Waals surface area contributed by atoms with E-state index in [1.54, 1.807) is 0 Å². The van der Waals surface area contributed by atoms with Crippen molar-refractivity contribution in [2.24, 2.45) is 5.73 Å². The third kappa shape index (κ3) is 5.37. The normalized spacial score (nSPS) is 12.4. The van der Waals surface area contributed by atoms with E-state index < -0.39 is 27.9 Å². The summed E-state index contributed by atoms with van der Waals surface area (Å²) >= 11 is 1.26. The van der Waals surface area contributed by atoms with Crippen LogP contribution in [-0.2, 0) is 14.8 Å². The molecule has 2 amide bonds. The van der Waals surface area contributed by atoms with E-state index in [-0.39, 0.29) is 17.0 Å². The average Bonchev–Trinajstić information content (AvgIpc) is 3.26. The van der Waals surface area contributed by atoms with Crippen molar-refractivity contribution in [2.45, 2.75) is 10.9 Å². The molecule has 168 valence electrons. The first kappa shape index (κ1) is 23.5. The number of hydrogen-bond acceptors (Lipinski definition) is 7. The van der Waals surface area contributed by atoms with Gasteiger partial charge in [0.05, 0.1) is 10.6 Å². The Morgan fingerprint density at radius 3 is 2.50 bits per heavy atom. The van der Waals surface area contributed by atoms with Crippen molar-refractivity contribution in [2.75, 3.05) is 26.0 Å². The van der Waals surface area contributed by atoms with Crippen molar-refractivity contribution in [3.05, 3.63) is 65.5 Å². The summed E-state index contributed by atoms with van der Waals surface area (Å²) in [6, 6.07) is 14.1. The number of thiazole rings is 1. The molecule has 0 bridgehead atoms. The van der Waals surface area contributed by atoms with Crippen LogP contribution in [0.1, 0.15) is 10.4 Å². The predicted octanol–water partition coefficient (Wildman–Crippen LogP) is 1.76. The molecule has 0 saturated carbocycles. The maximum Gasteiger partial charge on any atom is 0.252 e. The van der Waals surface area contributed by atoms with E-state index in [9.17, 15) is 18.0 Å². The zero-order valence-corrected chi connectivity index (χ0v) is 19.1. The maximum absolute atomic E-state index is 12.6. The molecule has 1 aromatic heterocycles. The van der Waals surface area contributed by atoms with Crippen LogP contribution in [0.5, 0.6) is 0 Å². The quantitative estimate of drug-likeness (QED) is 0.456. The molecule has 1 atom stereocenters. The second kappa shape index (κ2) is 10.0. The fraction of sp³-hybridized carbons (Fsp3) is 0.190. The first-order valence-electron chi connectivity index (χ1n) is 9.57. The smallest absolute Gasteiger partial charge is 0.252 e. The predicted molar refractivity (Wildman–Crippen MR) is 124 cm³/mol. The number of carbonyl (C=O) groups is 2. The molecular formula is C21H23N5O4S2. The Morgan fingerprint density at radius 2 is 1.84 bits per heavy atom. The van der Waals surface area contributed by atoms with Gasteiger partial charge in [-0.3, -0.25) is 9.59 Å². The van der Waals surface area contributed by atoms with E-state index in [4.69, 9.17) is 5.73 Å². The van der Waals surface area contributed by atoms with Crippen molar-refractivity contribution < 1.29 is 18.0 Å². The van der Waals surface area contributed by atoms with Crippen molar-refractivity contribution in [3.8, 4) is 11.3 Å². The minimum atomic E-state index is -3.70. The van der Waals surface area contributed by atoms with E-state index in [1.165, 1.54) is 49.7 Å². The summed E-state index contributed by atoms with van der Waals surface area (Å²) in [5, 5.41) is 7.40. The zero-order chi connectivity index (χ0) is 23.3. The van der Waals surface area contributed by atoms with Gasteiger partial charge in [0.15, 0.2) is 5.13 Å². The first-order chi connectivity index (χ1) is 15.2. The minimum Gasteiger partial charge on any atom is -0.339 e. The third-order valence-corrected chi connectivity index (χ3v) is 7.10. The lowest BCUT2D eigenvalue weighted by Gasteiger charge is -2.16. The molecule has 1 heterocycles. The lowest BCUT2D eigenvalue weighted by Crippen LogP contribution is -2.48. The van der Waals surface area contributed by atoms with Gasteiger partial charge < -0.3 is 16.4 Å². The van der Waals surface area contributed by atoms with Gasteiger partial charge in [0.25, 0.3) is 5.91 Å². The summed E-state index contributed by atoms with van der Waals surface area (Å²) < 4.78 is 25.7. The fourth-order valence-corrected chi connectivity index (χ4v) is 4.42. The van der Waals surface area contributed by atoms with Crippen LogP contribution in [-0.4, -0.2) is 56.2 Å².